The molecular formula is C14H17N5O2. The van der Waals surface area contributed by atoms with Crippen LogP contribution in [0.3, 0.4) is 0 Å². The summed E-state index contributed by atoms with van der Waals surface area (Å²) in [5.41, 5.74) is 0. The van der Waals surface area contributed by atoms with Crippen LogP contribution in [0.25, 0.3) is 0 Å². The number of nitrogens with one attached hydrogen (secondary N) is 2. The third-order valence-electron chi connectivity index (χ3n) is 2.60. The Kier molecular flexibility index (Phi) is 4.55. The van der Waals surface area contributed by atoms with Gasteiger partial charge < -0.3 is 15.0 Å². The highest BCUT2D eigenvalue weighted by Gasteiger charge is 2.06. The number of urea groups is 1. The van der Waals surface area contributed by atoms with E-state index in [1.54, 1.807) is 51.7 Å². The number of hydrogen-bond donors (Lipinski definition) is 2. The van der Waals surface area contributed by atoms with Crippen molar-refractivity contribution in [3.05, 3.63) is 36.7 Å². The molecule has 7 heteroatoms. The maximum absolute atomic E-state index is 11.6. The van der Waals surface area contributed by atoms with Gasteiger partial charge in [0.15, 0.2) is 0 Å². The van der Waals surface area contributed by atoms with Crippen LogP contribution in [-0.2, 0) is 0 Å². The quantitative estimate of drug-likeness (QED) is 0.902. The van der Waals surface area contributed by atoms with Crippen molar-refractivity contribution in [2.24, 2.45) is 0 Å². The van der Waals surface area contributed by atoms with Crippen molar-refractivity contribution in [2.45, 2.75) is 0 Å². The monoisotopic (exact) mass is 287 g/mol. The summed E-state index contributed by atoms with van der Waals surface area (Å²) >= 11 is 0. The summed E-state index contributed by atoms with van der Waals surface area (Å²) in [6.45, 7) is 0. The first-order valence-electron chi connectivity index (χ1n) is 6.34. The van der Waals surface area contributed by atoms with Crippen LogP contribution >= 0.6 is 0 Å². The van der Waals surface area contributed by atoms with E-state index in [-0.39, 0.29) is 6.03 Å². The van der Waals surface area contributed by atoms with Gasteiger partial charge in [0.2, 0.25) is 0 Å². The molecule has 21 heavy (non-hydrogen) atoms. The maximum Gasteiger partial charge on any atom is 0.322 e. The summed E-state index contributed by atoms with van der Waals surface area (Å²) < 4.78 is 5.67. The lowest BCUT2D eigenvalue weighted by Crippen LogP contribution is -2.27. The van der Waals surface area contributed by atoms with Crippen molar-refractivity contribution >= 4 is 17.7 Å². The molecule has 110 valence electrons. The number of carbonyl (C=O) groups is 1. The lowest BCUT2D eigenvalue weighted by atomic mass is 10.4. The van der Waals surface area contributed by atoms with Crippen LogP contribution in [0.5, 0.6) is 11.5 Å². The van der Waals surface area contributed by atoms with Gasteiger partial charge in [0, 0.05) is 33.4 Å². The third kappa shape index (κ3) is 4.07. The third-order valence-corrected chi connectivity index (χ3v) is 2.60. The van der Waals surface area contributed by atoms with Gasteiger partial charge in [-0.3, -0.25) is 5.32 Å². The lowest BCUT2D eigenvalue weighted by molar-refractivity contribution is 0.230. The molecule has 0 spiro atoms. The van der Waals surface area contributed by atoms with Gasteiger partial charge >= 0.3 is 6.03 Å². The summed E-state index contributed by atoms with van der Waals surface area (Å²) in [6.07, 6.45) is 3.18. The molecule has 2 aromatic heterocycles. The number of hydrogen-bond acceptors (Lipinski definition) is 5. The second-order valence-corrected chi connectivity index (χ2v) is 4.43. The second kappa shape index (κ2) is 6.56. The molecule has 0 saturated heterocycles. The molecule has 2 amide bonds. The Bertz CT molecular complexity index is 613. The van der Waals surface area contributed by atoms with E-state index < -0.39 is 0 Å². The molecule has 2 rings (SSSR count). The average molecular weight is 287 g/mol. The Morgan fingerprint density at radius 2 is 1.95 bits per heavy atom. The molecule has 0 aliphatic rings. The fourth-order valence-corrected chi connectivity index (χ4v) is 1.49. The lowest BCUT2D eigenvalue weighted by Gasteiger charge is -2.12. The average Bonchev–Trinajstić information content (AvgIpc) is 2.48. The van der Waals surface area contributed by atoms with Crippen LogP contribution in [0, 0.1) is 0 Å². The molecule has 0 aliphatic heterocycles. The minimum atomic E-state index is -0.250. The molecule has 0 aromatic carbocycles. The maximum atomic E-state index is 11.6. The first-order chi connectivity index (χ1) is 10.1. The summed E-state index contributed by atoms with van der Waals surface area (Å²) in [5.74, 6) is 2.35. The fraction of sp³-hybridized carbons (Fsp3) is 0.214. The molecule has 0 saturated carbocycles. The molecule has 2 aromatic rings. The van der Waals surface area contributed by atoms with E-state index in [1.807, 2.05) is 6.07 Å². The second-order valence-electron chi connectivity index (χ2n) is 4.43. The Labute approximate surface area is 123 Å². The van der Waals surface area contributed by atoms with E-state index in [0.29, 0.717) is 17.3 Å². The Hall–Kier alpha value is -2.83. The van der Waals surface area contributed by atoms with Gasteiger partial charge in [-0.2, -0.15) is 0 Å². The molecule has 2 N–H and O–H groups in total. The summed E-state index contributed by atoms with van der Waals surface area (Å²) in [7, 11) is 5.11. The first kappa shape index (κ1) is 14.6. The van der Waals surface area contributed by atoms with Crippen LogP contribution in [0.1, 0.15) is 0 Å². The number of ether oxygens (including phenoxy) is 1. The molecule has 0 fully saturated rings. The zero-order valence-electron chi connectivity index (χ0n) is 12.1. The van der Waals surface area contributed by atoms with Gasteiger partial charge in [-0.1, -0.05) is 0 Å². The van der Waals surface area contributed by atoms with E-state index in [0.717, 1.165) is 5.82 Å². The van der Waals surface area contributed by atoms with E-state index in [2.05, 4.69) is 20.6 Å². The van der Waals surface area contributed by atoms with Gasteiger partial charge in [0.1, 0.15) is 23.1 Å². The van der Waals surface area contributed by atoms with E-state index in [1.165, 1.54) is 4.90 Å². The minimum absolute atomic E-state index is 0.250. The number of amides is 2. The van der Waals surface area contributed by atoms with Crippen molar-refractivity contribution in [1.29, 1.82) is 0 Å². The number of anilines is 2. The van der Waals surface area contributed by atoms with Gasteiger partial charge in [0.05, 0.1) is 6.20 Å². The number of carbonyl (C=O) groups excluding carboxylic acids is 1. The van der Waals surface area contributed by atoms with Crippen LogP contribution in [-0.4, -0.2) is 42.0 Å². The number of aromatic nitrogens is 2. The minimum Gasteiger partial charge on any atom is -0.456 e. The molecule has 2 heterocycles. The summed E-state index contributed by atoms with van der Waals surface area (Å²) in [5, 5.41) is 5.59. The zero-order valence-corrected chi connectivity index (χ0v) is 12.1. The fourth-order valence-electron chi connectivity index (χ4n) is 1.49. The van der Waals surface area contributed by atoms with Crippen molar-refractivity contribution in [1.82, 2.24) is 14.9 Å². The van der Waals surface area contributed by atoms with Crippen molar-refractivity contribution < 1.29 is 9.53 Å². The van der Waals surface area contributed by atoms with E-state index in [4.69, 9.17) is 4.74 Å². The molecule has 0 bridgehead atoms. The van der Waals surface area contributed by atoms with Gasteiger partial charge in [0.25, 0.3) is 0 Å². The van der Waals surface area contributed by atoms with Gasteiger partial charge in [-0.25, -0.2) is 14.8 Å². The highest BCUT2D eigenvalue weighted by molar-refractivity contribution is 5.88. The predicted octanol–water partition coefficient (Wildman–Crippen LogP) is 2.40. The van der Waals surface area contributed by atoms with Crippen LogP contribution in [0.2, 0.25) is 0 Å². The number of nitrogens with zero attached hydrogens (tertiary/aromatic N) is 3. The SMILES string of the molecule is CNc1ccc(Oc2ccnc(NC(=O)N(C)C)c2)cn1. The Morgan fingerprint density at radius 1 is 1.14 bits per heavy atom. The predicted molar refractivity (Wildman–Crippen MR) is 80.8 cm³/mol. The standard InChI is InChI=1S/C14H17N5O2/c1-15-12-5-4-11(9-17-12)21-10-6-7-16-13(8-10)18-14(20)19(2)3/h4-9H,1-3H3,(H,15,17)(H,16,18,20). The van der Waals surface area contributed by atoms with Gasteiger partial charge in [-0.15, -0.1) is 0 Å². The summed E-state index contributed by atoms with van der Waals surface area (Å²) in [4.78, 5) is 21.2. The molecule has 0 atom stereocenters. The topological polar surface area (TPSA) is 79.4 Å². The molecule has 7 nitrogen and oxygen atoms in total. The largest absolute Gasteiger partial charge is 0.456 e. The molecule has 0 aliphatic carbocycles. The molecule has 0 radical (unpaired) electrons. The highest BCUT2D eigenvalue weighted by Crippen LogP contribution is 2.23. The zero-order chi connectivity index (χ0) is 15.2. The van der Waals surface area contributed by atoms with Gasteiger partial charge in [-0.05, 0) is 18.2 Å². The Morgan fingerprint density at radius 3 is 2.57 bits per heavy atom. The van der Waals surface area contributed by atoms with Crippen molar-refractivity contribution in [2.75, 3.05) is 31.8 Å². The van der Waals surface area contributed by atoms with Crippen molar-refractivity contribution in [3.63, 3.8) is 0 Å². The number of rotatable bonds is 4. The van der Waals surface area contributed by atoms with E-state index in [9.17, 15) is 4.79 Å². The first-order valence-corrected chi connectivity index (χ1v) is 6.34. The van der Waals surface area contributed by atoms with Crippen LogP contribution in [0.15, 0.2) is 36.7 Å². The smallest absolute Gasteiger partial charge is 0.322 e. The number of pyridine rings is 2. The Balaban J connectivity index is 2.08. The molecular weight excluding hydrogens is 270 g/mol. The summed E-state index contributed by atoms with van der Waals surface area (Å²) in [6, 6.07) is 6.72. The van der Waals surface area contributed by atoms with E-state index >= 15 is 0 Å². The molecule has 0 unspecified atom stereocenters. The van der Waals surface area contributed by atoms with Crippen molar-refractivity contribution in [3.8, 4) is 11.5 Å². The van der Waals surface area contributed by atoms with Crippen LogP contribution in [0.4, 0.5) is 16.4 Å². The van der Waals surface area contributed by atoms with Crippen LogP contribution < -0.4 is 15.4 Å². The normalized spacial score (nSPS) is 9.86. The highest BCUT2D eigenvalue weighted by atomic mass is 16.5.